The van der Waals surface area contributed by atoms with Crippen molar-refractivity contribution < 1.29 is 9.59 Å². The molecule has 0 spiro atoms. The van der Waals surface area contributed by atoms with Gasteiger partial charge in [0.15, 0.2) is 11.6 Å². The Balaban J connectivity index is 1.40. The molecule has 0 aromatic heterocycles. The van der Waals surface area contributed by atoms with Crippen molar-refractivity contribution in [1.82, 2.24) is 4.90 Å². The van der Waals surface area contributed by atoms with Crippen LogP contribution in [-0.4, -0.2) is 36.6 Å². The van der Waals surface area contributed by atoms with Gasteiger partial charge in [-0.15, -0.1) is 0 Å². The summed E-state index contributed by atoms with van der Waals surface area (Å²) in [5.74, 6) is 0.611. The molecule has 0 bridgehead atoms. The number of carbonyl (C=O) groups is 2. The van der Waals surface area contributed by atoms with Gasteiger partial charge < -0.3 is 4.90 Å². The first-order chi connectivity index (χ1) is 12.6. The highest BCUT2D eigenvalue weighted by Gasteiger charge is 2.31. The van der Waals surface area contributed by atoms with E-state index in [1.165, 1.54) is 11.1 Å². The van der Waals surface area contributed by atoms with Crippen molar-refractivity contribution in [1.29, 1.82) is 0 Å². The number of nitrogens with zero attached hydrogens (tertiary/aromatic N) is 1. The van der Waals surface area contributed by atoms with E-state index in [2.05, 4.69) is 17.0 Å². The number of hydrogen-bond donors (Lipinski definition) is 0. The van der Waals surface area contributed by atoms with E-state index < -0.39 is 0 Å². The molecule has 134 valence electrons. The van der Waals surface area contributed by atoms with Crippen molar-refractivity contribution >= 4 is 11.6 Å². The largest absolute Gasteiger partial charge is 0.305 e. The first-order valence-electron chi connectivity index (χ1n) is 9.56. The molecule has 0 aliphatic heterocycles. The first-order valence-corrected chi connectivity index (χ1v) is 9.56. The van der Waals surface area contributed by atoms with Gasteiger partial charge in [0.25, 0.3) is 0 Å². The third-order valence-corrected chi connectivity index (χ3v) is 5.90. The van der Waals surface area contributed by atoms with Crippen molar-refractivity contribution in [3.63, 3.8) is 0 Å². The van der Waals surface area contributed by atoms with Gasteiger partial charge in [-0.3, -0.25) is 9.59 Å². The molecule has 0 N–H and O–H groups in total. The topological polar surface area (TPSA) is 37.4 Å². The summed E-state index contributed by atoms with van der Waals surface area (Å²) in [5.41, 5.74) is 4.13. The molecule has 0 radical (unpaired) electrons. The van der Waals surface area contributed by atoms with Crippen LogP contribution in [0.15, 0.2) is 48.5 Å². The van der Waals surface area contributed by atoms with Crippen LogP contribution in [0, 0.1) is 11.8 Å². The fraction of sp³-hybridized carbons (Fsp3) is 0.391. The van der Waals surface area contributed by atoms with E-state index in [1.54, 1.807) is 0 Å². The van der Waals surface area contributed by atoms with Crippen molar-refractivity contribution in [2.45, 2.75) is 25.7 Å². The number of rotatable bonds is 4. The van der Waals surface area contributed by atoms with Gasteiger partial charge in [0, 0.05) is 36.1 Å². The lowest BCUT2D eigenvalue weighted by molar-refractivity contribution is 0.0823. The third-order valence-electron chi connectivity index (χ3n) is 5.90. The maximum absolute atomic E-state index is 12.8. The van der Waals surface area contributed by atoms with E-state index in [0.717, 1.165) is 49.9 Å². The monoisotopic (exact) mass is 347 g/mol. The fourth-order valence-corrected chi connectivity index (χ4v) is 4.49. The summed E-state index contributed by atoms with van der Waals surface area (Å²) in [6.07, 6.45) is 3.75. The second-order valence-electron chi connectivity index (χ2n) is 7.74. The van der Waals surface area contributed by atoms with Crippen LogP contribution in [0.1, 0.15) is 44.7 Å². The van der Waals surface area contributed by atoms with Gasteiger partial charge in [-0.05, 0) is 43.9 Å². The standard InChI is InChI=1S/C23H25NO2/c1-24(14-18-12-10-16-6-2-4-8-20(16)22(18)25)15-19-13-11-17-7-3-5-9-21(17)23(19)26/h2-9,18-19H,10-15H2,1H3. The summed E-state index contributed by atoms with van der Waals surface area (Å²) in [6, 6.07) is 15.9. The Labute approximate surface area is 155 Å². The Hall–Kier alpha value is -2.26. The smallest absolute Gasteiger partial charge is 0.167 e. The molecule has 26 heavy (non-hydrogen) atoms. The highest BCUT2D eigenvalue weighted by atomic mass is 16.1. The SMILES string of the molecule is CN(CC1CCc2ccccc2C1=O)CC1CCc2ccccc2C1=O. The lowest BCUT2D eigenvalue weighted by Gasteiger charge is -2.31. The predicted octanol–water partition coefficient (Wildman–Crippen LogP) is 3.81. The van der Waals surface area contributed by atoms with E-state index in [4.69, 9.17) is 0 Å². The zero-order chi connectivity index (χ0) is 18.1. The molecule has 2 atom stereocenters. The minimum absolute atomic E-state index is 0.0425. The van der Waals surface area contributed by atoms with Crippen molar-refractivity contribution in [2.75, 3.05) is 20.1 Å². The van der Waals surface area contributed by atoms with Gasteiger partial charge in [-0.2, -0.15) is 0 Å². The molecule has 2 unspecified atom stereocenters. The summed E-state index contributed by atoms with van der Waals surface area (Å²) in [6.45, 7) is 1.47. The Bertz CT molecular complexity index is 772. The van der Waals surface area contributed by atoms with Crippen molar-refractivity contribution in [2.24, 2.45) is 11.8 Å². The van der Waals surface area contributed by atoms with Gasteiger partial charge in [-0.25, -0.2) is 0 Å². The minimum Gasteiger partial charge on any atom is -0.305 e. The Kier molecular flexibility index (Phi) is 4.73. The summed E-state index contributed by atoms with van der Waals surface area (Å²) < 4.78 is 0. The normalized spacial score (nSPS) is 22.2. The van der Waals surface area contributed by atoms with E-state index >= 15 is 0 Å². The molecule has 0 heterocycles. The highest BCUT2D eigenvalue weighted by molar-refractivity contribution is 6.01. The van der Waals surface area contributed by atoms with E-state index in [1.807, 2.05) is 43.4 Å². The summed E-state index contributed by atoms with van der Waals surface area (Å²) in [4.78, 5) is 27.7. The number of carbonyl (C=O) groups excluding carboxylic acids is 2. The number of fused-ring (bicyclic) bond motifs is 2. The molecule has 2 aromatic rings. The van der Waals surface area contributed by atoms with Crippen LogP contribution in [0.5, 0.6) is 0 Å². The van der Waals surface area contributed by atoms with Gasteiger partial charge in [0.2, 0.25) is 0 Å². The van der Waals surface area contributed by atoms with E-state index in [-0.39, 0.29) is 23.4 Å². The average Bonchev–Trinajstić information content (AvgIpc) is 2.67. The molecule has 0 saturated carbocycles. The van der Waals surface area contributed by atoms with E-state index in [0.29, 0.717) is 0 Å². The van der Waals surface area contributed by atoms with Crippen LogP contribution in [0.3, 0.4) is 0 Å². The Morgan fingerprint density at radius 2 is 1.19 bits per heavy atom. The maximum Gasteiger partial charge on any atom is 0.167 e. The van der Waals surface area contributed by atoms with Crippen LogP contribution in [0.25, 0.3) is 0 Å². The predicted molar refractivity (Wildman–Crippen MR) is 103 cm³/mol. The zero-order valence-electron chi connectivity index (χ0n) is 15.3. The molecular formula is C23H25NO2. The summed E-state index contributed by atoms with van der Waals surface area (Å²) in [7, 11) is 2.04. The zero-order valence-corrected chi connectivity index (χ0v) is 15.3. The molecule has 0 amide bonds. The Morgan fingerprint density at radius 3 is 1.65 bits per heavy atom. The molecule has 3 nitrogen and oxygen atoms in total. The molecular weight excluding hydrogens is 322 g/mol. The fourth-order valence-electron chi connectivity index (χ4n) is 4.49. The average molecular weight is 347 g/mol. The van der Waals surface area contributed by atoms with Crippen LogP contribution >= 0.6 is 0 Å². The third kappa shape index (κ3) is 3.24. The Morgan fingerprint density at radius 1 is 0.769 bits per heavy atom. The van der Waals surface area contributed by atoms with Gasteiger partial charge in [0.1, 0.15) is 0 Å². The van der Waals surface area contributed by atoms with Gasteiger partial charge in [-0.1, -0.05) is 48.5 Å². The van der Waals surface area contributed by atoms with Gasteiger partial charge in [0.05, 0.1) is 0 Å². The van der Waals surface area contributed by atoms with Crippen LogP contribution in [-0.2, 0) is 12.8 Å². The number of hydrogen-bond acceptors (Lipinski definition) is 3. The van der Waals surface area contributed by atoms with Crippen LogP contribution in [0.4, 0.5) is 0 Å². The number of aryl methyl sites for hydroxylation is 2. The number of benzene rings is 2. The number of Topliss-reactive ketones (excluding diaryl/α,β-unsaturated/α-hetero) is 2. The maximum atomic E-state index is 12.8. The molecule has 2 aliphatic carbocycles. The molecule has 2 aliphatic rings. The highest BCUT2D eigenvalue weighted by Crippen LogP contribution is 2.28. The summed E-state index contributed by atoms with van der Waals surface area (Å²) in [5, 5.41) is 0. The van der Waals surface area contributed by atoms with E-state index in [9.17, 15) is 9.59 Å². The van der Waals surface area contributed by atoms with Crippen LogP contribution < -0.4 is 0 Å². The second-order valence-corrected chi connectivity index (χ2v) is 7.74. The minimum atomic E-state index is 0.0425. The molecule has 4 rings (SSSR count). The molecule has 0 saturated heterocycles. The van der Waals surface area contributed by atoms with Gasteiger partial charge >= 0.3 is 0 Å². The lowest BCUT2D eigenvalue weighted by atomic mass is 9.81. The summed E-state index contributed by atoms with van der Waals surface area (Å²) >= 11 is 0. The first kappa shape index (κ1) is 17.2. The molecule has 3 heteroatoms. The number of ketones is 2. The molecule has 0 fully saturated rings. The van der Waals surface area contributed by atoms with Crippen molar-refractivity contribution in [3.05, 3.63) is 70.8 Å². The van der Waals surface area contributed by atoms with Crippen LogP contribution in [0.2, 0.25) is 0 Å². The van der Waals surface area contributed by atoms with Crippen molar-refractivity contribution in [3.8, 4) is 0 Å². The second kappa shape index (κ2) is 7.16. The quantitative estimate of drug-likeness (QED) is 0.844. The molecule has 2 aromatic carbocycles. The lowest BCUT2D eigenvalue weighted by Crippen LogP contribution is -2.38.